The SMILES string of the molecule is CN=C(NCc1ccnc2ccccc12)NC1CC1c1cccc(Cl)c1.I. The summed E-state index contributed by atoms with van der Waals surface area (Å²) in [5, 5.41) is 8.88. The van der Waals surface area contributed by atoms with Gasteiger partial charge in [-0.15, -0.1) is 24.0 Å². The third-order valence-electron chi connectivity index (χ3n) is 4.80. The van der Waals surface area contributed by atoms with Crippen molar-refractivity contribution in [3.63, 3.8) is 0 Å². The van der Waals surface area contributed by atoms with E-state index in [2.05, 4.69) is 38.8 Å². The number of nitrogens with zero attached hydrogens (tertiary/aromatic N) is 2. The van der Waals surface area contributed by atoms with E-state index in [1.165, 1.54) is 16.5 Å². The molecule has 0 amide bonds. The van der Waals surface area contributed by atoms with E-state index in [-0.39, 0.29) is 24.0 Å². The molecular weight excluding hydrogens is 471 g/mol. The summed E-state index contributed by atoms with van der Waals surface area (Å²) in [7, 11) is 1.80. The van der Waals surface area contributed by atoms with Crippen LogP contribution in [0.15, 0.2) is 65.8 Å². The Morgan fingerprint density at radius 3 is 2.85 bits per heavy atom. The quantitative estimate of drug-likeness (QED) is 0.315. The van der Waals surface area contributed by atoms with E-state index in [9.17, 15) is 0 Å². The molecule has 2 N–H and O–H groups in total. The second-order valence-corrected chi connectivity index (χ2v) is 7.00. The Morgan fingerprint density at radius 2 is 2.04 bits per heavy atom. The molecule has 2 unspecified atom stereocenters. The molecule has 0 saturated heterocycles. The van der Waals surface area contributed by atoms with Gasteiger partial charge in [0, 0.05) is 42.2 Å². The third kappa shape index (κ3) is 4.71. The van der Waals surface area contributed by atoms with Crippen LogP contribution in [0.4, 0.5) is 0 Å². The number of benzene rings is 2. The van der Waals surface area contributed by atoms with Gasteiger partial charge in [0.05, 0.1) is 5.52 Å². The third-order valence-corrected chi connectivity index (χ3v) is 5.03. The Labute approximate surface area is 181 Å². The number of hydrogen-bond donors (Lipinski definition) is 2. The lowest BCUT2D eigenvalue weighted by Gasteiger charge is -2.13. The Balaban J connectivity index is 0.00000210. The Hall–Kier alpha value is -1.86. The second kappa shape index (κ2) is 8.89. The van der Waals surface area contributed by atoms with Gasteiger partial charge in [-0.25, -0.2) is 0 Å². The summed E-state index contributed by atoms with van der Waals surface area (Å²) < 4.78 is 0. The van der Waals surface area contributed by atoms with Crippen molar-refractivity contribution in [1.29, 1.82) is 0 Å². The van der Waals surface area contributed by atoms with Crippen molar-refractivity contribution >= 4 is 52.4 Å². The highest BCUT2D eigenvalue weighted by molar-refractivity contribution is 14.0. The first-order chi connectivity index (χ1) is 12.7. The van der Waals surface area contributed by atoms with Gasteiger partial charge in [0.25, 0.3) is 0 Å². The minimum atomic E-state index is 0. The van der Waals surface area contributed by atoms with Crippen LogP contribution in [0, 0.1) is 0 Å². The number of aromatic nitrogens is 1. The van der Waals surface area contributed by atoms with Gasteiger partial charge in [-0.1, -0.05) is 41.9 Å². The number of fused-ring (bicyclic) bond motifs is 1. The summed E-state index contributed by atoms with van der Waals surface area (Å²) in [6, 6.07) is 18.7. The van der Waals surface area contributed by atoms with Gasteiger partial charge < -0.3 is 10.6 Å². The van der Waals surface area contributed by atoms with Crippen LogP contribution in [-0.2, 0) is 6.54 Å². The van der Waals surface area contributed by atoms with Crippen molar-refractivity contribution in [2.45, 2.75) is 24.9 Å². The first kappa shape index (κ1) is 19.9. The maximum absolute atomic E-state index is 6.10. The molecule has 1 heterocycles. The molecule has 1 aliphatic carbocycles. The minimum Gasteiger partial charge on any atom is -0.353 e. The van der Waals surface area contributed by atoms with Crippen LogP contribution in [0.1, 0.15) is 23.5 Å². The van der Waals surface area contributed by atoms with E-state index in [4.69, 9.17) is 11.6 Å². The maximum Gasteiger partial charge on any atom is 0.191 e. The van der Waals surface area contributed by atoms with E-state index < -0.39 is 0 Å². The zero-order valence-corrected chi connectivity index (χ0v) is 18.1. The van der Waals surface area contributed by atoms with Crippen molar-refractivity contribution < 1.29 is 0 Å². The van der Waals surface area contributed by atoms with Gasteiger partial charge in [0.2, 0.25) is 0 Å². The average Bonchev–Trinajstić information content (AvgIpc) is 3.44. The normalized spacial score (nSPS) is 18.7. The molecule has 140 valence electrons. The Kier molecular flexibility index (Phi) is 6.55. The summed E-state index contributed by atoms with van der Waals surface area (Å²) in [5.41, 5.74) is 3.50. The van der Waals surface area contributed by atoms with Crippen molar-refractivity contribution in [3.8, 4) is 0 Å². The average molecular weight is 493 g/mol. The molecule has 1 aliphatic rings. The van der Waals surface area contributed by atoms with Crippen molar-refractivity contribution in [2.24, 2.45) is 4.99 Å². The first-order valence-electron chi connectivity index (χ1n) is 8.80. The van der Waals surface area contributed by atoms with Crippen molar-refractivity contribution in [1.82, 2.24) is 15.6 Å². The van der Waals surface area contributed by atoms with E-state index in [1.807, 2.05) is 42.6 Å². The molecule has 27 heavy (non-hydrogen) atoms. The fourth-order valence-corrected chi connectivity index (χ4v) is 3.52. The molecule has 4 rings (SSSR count). The highest BCUT2D eigenvalue weighted by atomic mass is 127. The molecular formula is C21H22ClIN4. The van der Waals surface area contributed by atoms with Gasteiger partial charge >= 0.3 is 0 Å². The second-order valence-electron chi connectivity index (χ2n) is 6.56. The largest absolute Gasteiger partial charge is 0.353 e. The lowest BCUT2D eigenvalue weighted by atomic mass is 10.1. The van der Waals surface area contributed by atoms with Crippen LogP contribution >= 0.6 is 35.6 Å². The van der Waals surface area contributed by atoms with Gasteiger partial charge in [0.15, 0.2) is 5.96 Å². The molecule has 6 heteroatoms. The summed E-state index contributed by atoms with van der Waals surface area (Å²) in [4.78, 5) is 8.78. The van der Waals surface area contributed by atoms with Gasteiger partial charge in [0.1, 0.15) is 0 Å². The lowest BCUT2D eigenvalue weighted by Crippen LogP contribution is -2.38. The van der Waals surface area contributed by atoms with Gasteiger partial charge in [-0.2, -0.15) is 0 Å². The molecule has 0 radical (unpaired) electrons. The smallest absolute Gasteiger partial charge is 0.191 e. The molecule has 2 aromatic carbocycles. The fraction of sp³-hybridized carbons (Fsp3) is 0.238. The molecule has 3 aromatic rings. The lowest BCUT2D eigenvalue weighted by molar-refractivity contribution is 0.791. The minimum absolute atomic E-state index is 0. The first-order valence-corrected chi connectivity index (χ1v) is 9.17. The topological polar surface area (TPSA) is 49.3 Å². The molecule has 0 bridgehead atoms. The van der Waals surface area contributed by atoms with E-state index in [0.29, 0.717) is 18.5 Å². The van der Waals surface area contributed by atoms with Crippen LogP contribution in [0.5, 0.6) is 0 Å². The molecule has 4 nitrogen and oxygen atoms in total. The van der Waals surface area contributed by atoms with Gasteiger partial charge in [-0.05, 0) is 41.8 Å². The fourth-order valence-electron chi connectivity index (χ4n) is 3.32. The molecule has 1 fully saturated rings. The van der Waals surface area contributed by atoms with Crippen LogP contribution in [0.2, 0.25) is 5.02 Å². The predicted octanol–water partition coefficient (Wildman–Crippen LogP) is 4.73. The Morgan fingerprint density at radius 1 is 1.19 bits per heavy atom. The van der Waals surface area contributed by atoms with Crippen molar-refractivity contribution in [2.75, 3.05) is 7.05 Å². The van der Waals surface area contributed by atoms with Gasteiger partial charge in [-0.3, -0.25) is 9.98 Å². The number of nitrogens with one attached hydrogen (secondary N) is 2. The summed E-state index contributed by atoms with van der Waals surface area (Å²) in [6.45, 7) is 0.706. The zero-order chi connectivity index (χ0) is 17.9. The number of hydrogen-bond acceptors (Lipinski definition) is 2. The zero-order valence-electron chi connectivity index (χ0n) is 15.0. The van der Waals surface area contributed by atoms with E-state index in [0.717, 1.165) is 22.9 Å². The summed E-state index contributed by atoms with van der Waals surface area (Å²) >= 11 is 6.10. The number of rotatable bonds is 4. The summed E-state index contributed by atoms with van der Waals surface area (Å²) in [5.74, 6) is 1.31. The van der Waals surface area contributed by atoms with E-state index >= 15 is 0 Å². The predicted molar refractivity (Wildman–Crippen MR) is 123 cm³/mol. The highest BCUT2D eigenvalue weighted by Crippen LogP contribution is 2.41. The molecule has 2 atom stereocenters. The Bertz CT molecular complexity index is 954. The standard InChI is InChI=1S/C21H21ClN4.HI/c1-23-21(26-20-12-18(20)14-5-4-6-16(22)11-14)25-13-15-9-10-24-19-8-3-2-7-17(15)19;/h2-11,18,20H,12-13H2,1H3,(H2,23,25,26);1H. The number of pyridine rings is 1. The number of guanidine groups is 1. The van der Waals surface area contributed by atoms with Crippen LogP contribution in [0.25, 0.3) is 10.9 Å². The van der Waals surface area contributed by atoms with E-state index in [1.54, 1.807) is 7.05 Å². The summed E-state index contributed by atoms with van der Waals surface area (Å²) in [6.07, 6.45) is 2.95. The van der Waals surface area contributed by atoms with Crippen LogP contribution in [0.3, 0.4) is 0 Å². The molecule has 0 aliphatic heterocycles. The number of aliphatic imine (C=N–C) groups is 1. The maximum atomic E-state index is 6.10. The van der Waals surface area contributed by atoms with Crippen LogP contribution < -0.4 is 10.6 Å². The monoisotopic (exact) mass is 492 g/mol. The number of halogens is 2. The molecule has 1 saturated carbocycles. The van der Waals surface area contributed by atoms with Crippen molar-refractivity contribution in [3.05, 3.63) is 76.9 Å². The highest BCUT2D eigenvalue weighted by Gasteiger charge is 2.39. The van der Waals surface area contributed by atoms with Crippen LogP contribution in [-0.4, -0.2) is 24.0 Å². The molecule has 0 spiro atoms. The number of para-hydroxylation sites is 1. The molecule has 1 aromatic heterocycles.